The van der Waals surface area contributed by atoms with Crippen molar-refractivity contribution in [2.45, 2.75) is 64.6 Å². The van der Waals surface area contributed by atoms with Crippen molar-refractivity contribution in [1.29, 1.82) is 0 Å². The molecule has 9 nitrogen and oxygen atoms in total. The first kappa shape index (κ1) is 24.8. The molecule has 10 heteroatoms. The van der Waals surface area contributed by atoms with Gasteiger partial charge in [-0.1, -0.05) is 43.5 Å². The number of aryl methyl sites for hydroxylation is 1. The smallest absolute Gasteiger partial charge is 0.325 e. The Balaban J connectivity index is 1.78. The van der Waals surface area contributed by atoms with Gasteiger partial charge in [0.15, 0.2) is 0 Å². The van der Waals surface area contributed by atoms with Crippen LogP contribution >= 0.6 is 11.6 Å². The van der Waals surface area contributed by atoms with Crippen molar-refractivity contribution >= 4 is 35.1 Å². The van der Waals surface area contributed by atoms with Crippen LogP contribution in [-0.2, 0) is 16.1 Å². The Bertz CT molecular complexity index is 1280. The lowest BCUT2D eigenvalue weighted by Crippen LogP contribution is -2.49. The molecule has 3 heterocycles. The van der Waals surface area contributed by atoms with E-state index in [4.69, 9.17) is 16.6 Å². The number of aromatic nitrogens is 3. The SMILES string of the molecule is CCCCCn1c(N2CCC[C@H]2C(=O)N[C@H](C)C(=O)O)cc(=O)n2cc(-c3ccc(Cl)cc3)nc12. The van der Waals surface area contributed by atoms with Gasteiger partial charge in [0.1, 0.15) is 17.9 Å². The van der Waals surface area contributed by atoms with E-state index in [2.05, 4.69) is 12.2 Å². The first-order valence-electron chi connectivity index (χ1n) is 12.0. The molecule has 0 spiro atoms. The topological polar surface area (TPSA) is 109 Å². The third kappa shape index (κ3) is 5.19. The predicted molar refractivity (Wildman–Crippen MR) is 135 cm³/mol. The maximum atomic E-state index is 13.2. The second kappa shape index (κ2) is 10.5. The summed E-state index contributed by atoms with van der Waals surface area (Å²) in [4.78, 5) is 44.1. The Morgan fingerprint density at radius 3 is 2.69 bits per heavy atom. The molecule has 1 aliphatic rings. The summed E-state index contributed by atoms with van der Waals surface area (Å²) in [6.45, 7) is 4.80. The summed E-state index contributed by atoms with van der Waals surface area (Å²) in [5.74, 6) is -0.297. The minimum atomic E-state index is -1.09. The molecule has 3 aromatic rings. The van der Waals surface area contributed by atoms with Crippen LogP contribution in [-0.4, -0.2) is 49.6 Å². The fourth-order valence-corrected chi connectivity index (χ4v) is 4.63. The van der Waals surface area contributed by atoms with Crippen LogP contribution in [0.4, 0.5) is 5.82 Å². The van der Waals surface area contributed by atoms with E-state index >= 15 is 0 Å². The van der Waals surface area contributed by atoms with Gasteiger partial charge in [0.25, 0.3) is 5.56 Å². The molecule has 0 aliphatic carbocycles. The number of benzene rings is 1. The van der Waals surface area contributed by atoms with Crippen LogP contribution in [0.1, 0.15) is 46.0 Å². The normalized spacial score (nSPS) is 16.5. The Morgan fingerprint density at radius 1 is 1.26 bits per heavy atom. The lowest BCUT2D eigenvalue weighted by Gasteiger charge is -2.29. The van der Waals surface area contributed by atoms with E-state index in [-0.39, 0.29) is 11.5 Å². The lowest BCUT2D eigenvalue weighted by atomic mass is 10.2. The van der Waals surface area contributed by atoms with Crippen LogP contribution in [0.25, 0.3) is 17.0 Å². The van der Waals surface area contributed by atoms with Crippen LogP contribution in [0.5, 0.6) is 0 Å². The van der Waals surface area contributed by atoms with Gasteiger partial charge in [0.2, 0.25) is 11.7 Å². The van der Waals surface area contributed by atoms with Crippen molar-refractivity contribution in [2.75, 3.05) is 11.4 Å². The van der Waals surface area contributed by atoms with Crippen molar-refractivity contribution in [1.82, 2.24) is 19.3 Å². The number of fused-ring (bicyclic) bond motifs is 1. The van der Waals surface area contributed by atoms with E-state index in [1.165, 1.54) is 11.3 Å². The molecule has 1 fully saturated rings. The van der Waals surface area contributed by atoms with Crippen molar-refractivity contribution in [3.8, 4) is 11.3 Å². The van der Waals surface area contributed by atoms with Gasteiger partial charge in [0, 0.05) is 35.9 Å². The number of rotatable bonds is 9. The number of halogens is 1. The molecule has 186 valence electrons. The van der Waals surface area contributed by atoms with Crippen LogP contribution in [0, 0.1) is 0 Å². The molecule has 1 saturated heterocycles. The van der Waals surface area contributed by atoms with E-state index in [1.807, 2.05) is 21.6 Å². The quantitative estimate of drug-likeness (QED) is 0.436. The number of carboxylic acids is 1. The summed E-state index contributed by atoms with van der Waals surface area (Å²) in [6.07, 6.45) is 6.02. The average molecular weight is 500 g/mol. The van der Waals surface area contributed by atoms with E-state index in [9.17, 15) is 19.5 Å². The summed E-state index contributed by atoms with van der Waals surface area (Å²) in [5.41, 5.74) is 1.27. The molecular formula is C25H30ClN5O4. The molecule has 0 bridgehead atoms. The van der Waals surface area contributed by atoms with Gasteiger partial charge in [-0.25, -0.2) is 4.98 Å². The molecule has 1 amide bonds. The number of hydrogen-bond donors (Lipinski definition) is 2. The second-order valence-electron chi connectivity index (χ2n) is 8.92. The molecule has 2 aromatic heterocycles. The first-order valence-corrected chi connectivity index (χ1v) is 12.4. The zero-order valence-corrected chi connectivity index (χ0v) is 20.7. The zero-order chi connectivity index (χ0) is 25.1. The highest BCUT2D eigenvalue weighted by Gasteiger charge is 2.34. The molecule has 2 atom stereocenters. The number of carboxylic acid groups (broad SMARTS) is 1. The highest BCUT2D eigenvalue weighted by Crippen LogP contribution is 2.28. The van der Waals surface area contributed by atoms with Crippen LogP contribution in [0.15, 0.2) is 41.3 Å². The molecular weight excluding hydrogens is 470 g/mol. The maximum Gasteiger partial charge on any atom is 0.325 e. The second-order valence-corrected chi connectivity index (χ2v) is 9.36. The van der Waals surface area contributed by atoms with Crippen molar-refractivity contribution in [3.63, 3.8) is 0 Å². The molecule has 2 N–H and O–H groups in total. The Kier molecular flexibility index (Phi) is 7.45. The van der Waals surface area contributed by atoms with Crippen LogP contribution in [0.3, 0.4) is 0 Å². The highest BCUT2D eigenvalue weighted by atomic mass is 35.5. The Labute approximate surface area is 208 Å². The van der Waals surface area contributed by atoms with E-state index in [0.29, 0.717) is 41.8 Å². The number of nitrogens with one attached hydrogen (secondary N) is 1. The monoisotopic (exact) mass is 499 g/mol. The number of aliphatic carboxylic acids is 1. The summed E-state index contributed by atoms with van der Waals surface area (Å²) in [5, 5.41) is 12.4. The maximum absolute atomic E-state index is 13.2. The number of anilines is 1. The van der Waals surface area contributed by atoms with Crippen molar-refractivity contribution < 1.29 is 14.7 Å². The van der Waals surface area contributed by atoms with Gasteiger partial charge in [0.05, 0.1) is 5.69 Å². The Hall–Kier alpha value is -3.33. The van der Waals surface area contributed by atoms with E-state index < -0.39 is 18.1 Å². The minimum Gasteiger partial charge on any atom is -0.480 e. The lowest BCUT2D eigenvalue weighted by molar-refractivity contribution is -0.141. The number of amides is 1. The van der Waals surface area contributed by atoms with Crippen LogP contribution in [0.2, 0.25) is 5.02 Å². The largest absolute Gasteiger partial charge is 0.480 e. The standard InChI is InChI=1S/C25H30ClN5O4/c1-3-4-5-12-30-21(29-13-6-7-20(29)23(33)27-16(2)24(34)35)14-22(32)31-15-19(28-25(30)31)17-8-10-18(26)11-9-17/h8-11,14-16,20H,3-7,12-13H2,1-2H3,(H,27,33)(H,34,35)/t16-,20+/m1/s1. The molecule has 4 rings (SSSR count). The van der Waals surface area contributed by atoms with Gasteiger partial charge in [-0.15, -0.1) is 0 Å². The summed E-state index contributed by atoms with van der Waals surface area (Å²) >= 11 is 6.03. The van der Waals surface area contributed by atoms with Gasteiger partial charge in [-0.2, -0.15) is 0 Å². The number of nitrogens with zero attached hydrogens (tertiary/aromatic N) is 4. The molecule has 1 aromatic carbocycles. The number of unbranched alkanes of at least 4 members (excludes halogenated alkanes) is 2. The minimum absolute atomic E-state index is 0.237. The average Bonchev–Trinajstić information content (AvgIpc) is 3.49. The van der Waals surface area contributed by atoms with Gasteiger partial charge >= 0.3 is 5.97 Å². The number of carbonyl (C=O) groups excluding carboxylic acids is 1. The third-order valence-electron chi connectivity index (χ3n) is 6.40. The summed E-state index contributed by atoms with van der Waals surface area (Å²) in [6, 6.07) is 7.30. The fraction of sp³-hybridized carbons (Fsp3) is 0.440. The van der Waals surface area contributed by atoms with Gasteiger partial charge < -0.3 is 15.3 Å². The number of carbonyl (C=O) groups is 2. The first-order chi connectivity index (χ1) is 16.8. The molecule has 0 saturated carbocycles. The summed E-state index contributed by atoms with van der Waals surface area (Å²) < 4.78 is 3.54. The molecule has 35 heavy (non-hydrogen) atoms. The van der Waals surface area contributed by atoms with Crippen molar-refractivity contribution in [3.05, 3.63) is 51.9 Å². The third-order valence-corrected chi connectivity index (χ3v) is 6.65. The van der Waals surface area contributed by atoms with Gasteiger partial charge in [-0.05, 0) is 38.3 Å². The van der Waals surface area contributed by atoms with E-state index in [1.54, 1.807) is 24.4 Å². The highest BCUT2D eigenvalue weighted by molar-refractivity contribution is 6.30. The molecule has 1 aliphatic heterocycles. The van der Waals surface area contributed by atoms with Gasteiger partial charge in [-0.3, -0.25) is 23.4 Å². The number of hydrogen-bond acceptors (Lipinski definition) is 5. The van der Waals surface area contributed by atoms with E-state index in [0.717, 1.165) is 31.2 Å². The predicted octanol–water partition coefficient (Wildman–Crippen LogP) is 3.56. The Morgan fingerprint density at radius 2 is 2.00 bits per heavy atom. The molecule has 0 radical (unpaired) electrons. The zero-order valence-electron chi connectivity index (χ0n) is 19.9. The fourth-order valence-electron chi connectivity index (χ4n) is 4.50. The summed E-state index contributed by atoms with van der Waals surface area (Å²) in [7, 11) is 0. The van der Waals surface area contributed by atoms with Crippen LogP contribution < -0.4 is 15.8 Å². The van der Waals surface area contributed by atoms with Crippen molar-refractivity contribution in [2.24, 2.45) is 0 Å². The number of imidazole rings is 1. The molecule has 0 unspecified atom stereocenters.